The van der Waals surface area contributed by atoms with Gasteiger partial charge in [0, 0.05) is 27.5 Å². The van der Waals surface area contributed by atoms with Crippen LogP contribution in [0.15, 0.2) is 176 Å². The molecule has 0 amide bonds. The maximum atomic E-state index is 5.35. The van der Waals surface area contributed by atoms with E-state index in [0.717, 1.165) is 50.0 Å². The Morgan fingerprint density at radius 2 is 0.922 bits per heavy atom. The highest BCUT2D eigenvalue weighted by molar-refractivity contribution is 6.18. The quantitative estimate of drug-likeness (QED) is 0.191. The van der Waals surface area contributed by atoms with E-state index in [9.17, 15) is 0 Å². The summed E-state index contributed by atoms with van der Waals surface area (Å²) in [6.45, 7) is 0. The van der Waals surface area contributed by atoms with Crippen LogP contribution in [0.25, 0.3) is 87.8 Å². The van der Waals surface area contributed by atoms with Crippen molar-refractivity contribution in [3.8, 4) is 33.6 Å². The molecule has 9 aromatic carbocycles. The molecule has 2 heterocycles. The molecule has 10 aromatic rings. The monoisotopic (exact) mass is 647 g/mol. The molecule has 0 unspecified atom stereocenters. The zero-order chi connectivity index (χ0) is 33.5. The van der Waals surface area contributed by atoms with Crippen molar-refractivity contribution in [3.63, 3.8) is 0 Å². The van der Waals surface area contributed by atoms with Gasteiger partial charge in [-0.3, -0.25) is 0 Å². The fourth-order valence-corrected chi connectivity index (χ4v) is 8.17. The second-order valence-corrected chi connectivity index (χ2v) is 13.4. The van der Waals surface area contributed by atoms with E-state index in [0.29, 0.717) is 0 Å². The first-order valence-electron chi connectivity index (χ1n) is 17.4. The van der Waals surface area contributed by atoms with Crippen LogP contribution >= 0.6 is 0 Å². The smallest absolute Gasteiger partial charge is 0.0979 e. The van der Waals surface area contributed by atoms with Gasteiger partial charge in [-0.1, -0.05) is 133 Å². The summed E-state index contributed by atoms with van der Waals surface area (Å²) in [4.78, 5) is 13.1. The van der Waals surface area contributed by atoms with Crippen molar-refractivity contribution in [1.82, 2.24) is 9.97 Å². The van der Waals surface area contributed by atoms with Gasteiger partial charge in [-0.2, -0.15) is 0 Å². The lowest BCUT2D eigenvalue weighted by Crippen LogP contribution is -2.15. The Morgan fingerprint density at radius 1 is 0.333 bits per heavy atom. The van der Waals surface area contributed by atoms with Crippen molar-refractivity contribution in [2.45, 2.75) is 0 Å². The number of hydrogen-bond acceptors (Lipinski definition) is 3. The fraction of sp³-hybridized carbons (Fsp3) is 0. The Bertz CT molecular complexity index is 3050. The van der Waals surface area contributed by atoms with Crippen LogP contribution in [0, 0.1) is 0 Å². The number of nitrogens with zero attached hydrogens (tertiary/aromatic N) is 3. The van der Waals surface area contributed by atoms with Crippen molar-refractivity contribution in [2.24, 2.45) is 0 Å². The number of aromatic nitrogens is 2. The number of para-hydroxylation sites is 2. The molecular weight excluding hydrogens is 619 g/mol. The average molecular weight is 648 g/mol. The van der Waals surface area contributed by atoms with Gasteiger partial charge in [0.2, 0.25) is 0 Å². The molecule has 0 atom stereocenters. The molecule has 3 nitrogen and oxygen atoms in total. The summed E-state index contributed by atoms with van der Waals surface area (Å²) in [6, 6.07) is 63.3. The second kappa shape index (κ2) is 10.8. The zero-order valence-electron chi connectivity index (χ0n) is 27.6. The molecule has 1 aliphatic heterocycles. The maximum absolute atomic E-state index is 5.35. The highest BCUT2D eigenvalue weighted by Gasteiger charge is 2.28. The molecule has 0 fully saturated rings. The minimum Gasteiger partial charge on any atom is -0.309 e. The number of anilines is 3. The molecule has 51 heavy (non-hydrogen) atoms. The Hall–Kier alpha value is -6.84. The summed E-state index contributed by atoms with van der Waals surface area (Å²) in [5.74, 6) is 0. The first-order valence-corrected chi connectivity index (χ1v) is 17.4. The van der Waals surface area contributed by atoms with Gasteiger partial charge >= 0.3 is 0 Å². The molecule has 0 N–H and O–H groups in total. The molecule has 0 aliphatic carbocycles. The van der Waals surface area contributed by atoms with Crippen LogP contribution < -0.4 is 4.90 Å². The molecule has 0 radical (unpaired) electrons. The Labute approximate surface area is 294 Å². The van der Waals surface area contributed by atoms with Gasteiger partial charge in [0.25, 0.3) is 0 Å². The van der Waals surface area contributed by atoms with E-state index in [1.54, 1.807) is 0 Å². The van der Waals surface area contributed by atoms with E-state index < -0.39 is 0 Å². The summed E-state index contributed by atoms with van der Waals surface area (Å²) < 4.78 is 0. The number of rotatable bonds is 3. The van der Waals surface area contributed by atoms with Gasteiger partial charge < -0.3 is 4.90 Å². The van der Waals surface area contributed by atoms with Crippen molar-refractivity contribution >= 4 is 71.2 Å². The standard InChI is InChI=1S/C48H29N3/c1-2-12-32-27-35(26-25-30(32)11-1)47-48(50-42-22-6-5-21-41(42)49-47)39-20-9-18-37-36(39)17-10-23-43(37)51-44-24-8-16-31-15-7-19-38(46(31)44)40-28-33-13-3-4-14-34(33)29-45(40)51/h1-29H. The van der Waals surface area contributed by atoms with Crippen LogP contribution in [-0.4, -0.2) is 9.97 Å². The SMILES string of the molecule is c1ccc2cc(-c3nc4ccccc4nc3-c3cccc4c(N5c6cc7ccccc7cc6-c6cccc7cccc5c67)cccc34)ccc2c1. The van der Waals surface area contributed by atoms with Crippen LogP contribution in [0.5, 0.6) is 0 Å². The lowest BCUT2D eigenvalue weighted by Gasteiger charge is -2.34. The lowest BCUT2D eigenvalue weighted by atomic mass is 9.88. The normalized spacial score (nSPS) is 12.3. The van der Waals surface area contributed by atoms with Crippen molar-refractivity contribution < 1.29 is 0 Å². The summed E-state index contributed by atoms with van der Waals surface area (Å²) in [5.41, 5.74) is 11.6. The fourth-order valence-electron chi connectivity index (χ4n) is 8.17. The molecule has 1 aliphatic rings. The summed E-state index contributed by atoms with van der Waals surface area (Å²) in [6.07, 6.45) is 0. The molecule has 3 heteroatoms. The topological polar surface area (TPSA) is 29.0 Å². The highest BCUT2D eigenvalue weighted by Crippen LogP contribution is 2.53. The minimum atomic E-state index is 0.879. The van der Waals surface area contributed by atoms with Crippen molar-refractivity contribution in [2.75, 3.05) is 4.90 Å². The second-order valence-electron chi connectivity index (χ2n) is 13.4. The number of benzene rings is 9. The zero-order valence-corrected chi connectivity index (χ0v) is 27.6. The molecular formula is C48H29N3. The van der Waals surface area contributed by atoms with Gasteiger partial charge in [0.15, 0.2) is 0 Å². The summed E-state index contributed by atoms with van der Waals surface area (Å²) in [5, 5.41) is 9.65. The Morgan fingerprint density at radius 3 is 1.75 bits per heavy atom. The van der Waals surface area contributed by atoms with Crippen LogP contribution in [0.4, 0.5) is 17.1 Å². The Kier molecular flexibility index (Phi) is 5.96. The molecule has 0 saturated carbocycles. The largest absolute Gasteiger partial charge is 0.309 e. The molecule has 11 rings (SSSR count). The van der Waals surface area contributed by atoms with E-state index in [1.165, 1.54) is 54.8 Å². The van der Waals surface area contributed by atoms with Crippen LogP contribution in [0.3, 0.4) is 0 Å². The van der Waals surface area contributed by atoms with Gasteiger partial charge in [0.1, 0.15) is 0 Å². The summed E-state index contributed by atoms with van der Waals surface area (Å²) >= 11 is 0. The molecule has 0 bridgehead atoms. The third-order valence-electron chi connectivity index (χ3n) is 10.5. The van der Waals surface area contributed by atoms with E-state index in [4.69, 9.17) is 9.97 Å². The lowest BCUT2D eigenvalue weighted by molar-refractivity contribution is 1.29. The minimum absolute atomic E-state index is 0.879. The molecule has 0 spiro atoms. The number of fused-ring (bicyclic) bond motifs is 6. The Balaban J connectivity index is 1.19. The van der Waals surface area contributed by atoms with Crippen molar-refractivity contribution in [1.29, 1.82) is 0 Å². The predicted octanol–water partition coefficient (Wildman–Crippen LogP) is 13.0. The molecule has 0 saturated heterocycles. The highest BCUT2D eigenvalue weighted by atomic mass is 15.2. The van der Waals surface area contributed by atoms with Gasteiger partial charge in [-0.05, 0) is 80.3 Å². The van der Waals surface area contributed by atoms with E-state index >= 15 is 0 Å². The van der Waals surface area contributed by atoms with Crippen LogP contribution in [0.1, 0.15) is 0 Å². The van der Waals surface area contributed by atoms with Gasteiger partial charge in [0.05, 0.1) is 39.5 Å². The maximum Gasteiger partial charge on any atom is 0.0979 e. The van der Waals surface area contributed by atoms with Crippen LogP contribution in [0.2, 0.25) is 0 Å². The first kappa shape index (κ1) is 28.0. The van der Waals surface area contributed by atoms with E-state index in [-0.39, 0.29) is 0 Å². The third kappa shape index (κ3) is 4.25. The van der Waals surface area contributed by atoms with Crippen molar-refractivity contribution in [3.05, 3.63) is 176 Å². The van der Waals surface area contributed by atoms with Crippen LogP contribution in [-0.2, 0) is 0 Å². The van der Waals surface area contributed by atoms with Gasteiger partial charge in [-0.15, -0.1) is 0 Å². The predicted molar refractivity (Wildman–Crippen MR) is 214 cm³/mol. The summed E-state index contributed by atoms with van der Waals surface area (Å²) in [7, 11) is 0. The average Bonchev–Trinajstić information content (AvgIpc) is 3.19. The molecule has 236 valence electrons. The first-order chi connectivity index (χ1) is 25.3. The van der Waals surface area contributed by atoms with E-state index in [1.807, 2.05) is 18.2 Å². The van der Waals surface area contributed by atoms with E-state index in [2.05, 4.69) is 163 Å². The van der Waals surface area contributed by atoms with Gasteiger partial charge in [-0.25, -0.2) is 9.97 Å². The third-order valence-corrected chi connectivity index (χ3v) is 10.5. The molecule has 1 aromatic heterocycles. The number of hydrogen-bond donors (Lipinski definition) is 0.